The molecular formula is C37H56ClFN6O4Si. The summed E-state index contributed by atoms with van der Waals surface area (Å²) in [7, 11) is -1.83. The number of amides is 1. The third-order valence-corrected chi connectivity index (χ3v) is 14.8. The number of unbranched alkanes of at least 4 members (excludes halogenated alkanes) is 1. The van der Waals surface area contributed by atoms with Crippen molar-refractivity contribution in [2.45, 2.75) is 137 Å². The van der Waals surface area contributed by atoms with Crippen molar-refractivity contribution in [1.82, 2.24) is 24.4 Å². The van der Waals surface area contributed by atoms with Crippen molar-refractivity contribution in [2.75, 3.05) is 24.6 Å². The Balaban J connectivity index is 1.75. The minimum atomic E-state index is -1.83. The van der Waals surface area contributed by atoms with Gasteiger partial charge in [-0.1, -0.05) is 46.2 Å². The molecule has 4 rings (SSSR count). The number of hydrogen-bond donors (Lipinski definition) is 0. The van der Waals surface area contributed by atoms with E-state index in [1.54, 1.807) is 4.90 Å². The van der Waals surface area contributed by atoms with Crippen LogP contribution >= 0.6 is 11.6 Å². The smallest absolute Gasteiger partial charge is 0.410 e. The Bertz CT molecular complexity index is 1780. The molecule has 13 heteroatoms. The number of hydrogen-bond acceptors (Lipinski definition) is 8. The first-order valence-electron chi connectivity index (χ1n) is 17.7. The van der Waals surface area contributed by atoms with E-state index in [0.717, 1.165) is 30.4 Å². The average molecular weight is 731 g/mol. The number of rotatable bonds is 9. The van der Waals surface area contributed by atoms with Crippen molar-refractivity contribution in [3.05, 3.63) is 50.5 Å². The molecule has 1 fully saturated rings. The first-order valence-corrected chi connectivity index (χ1v) is 21.0. The molecule has 276 valence electrons. The van der Waals surface area contributed by atoms with Crippen molar-refractivity contribution >= 4 is 42.9 Å². The second kappa shape index (κ2) is 14.9. The lowest BCUT2D eigenvalue weighted by atomic mass is 9.98. The van der Waals surface area contributed by atoms with Gasteiger partial charge in [0.05, 0.1) is 16.8 Å². The summed E-state index contributed by atoms with van der Waals surface area (Å²) in [6.07, 6.45) is 4.04. The monoisotopic (exact) mass is 730 g/mol. The normalized spacial score (nSPS) is 17.6. The molecule has 0 saturated carbocycles. The number of halogens is 2. The summed E-state index contributed by atoms with van der Waals surface area (Å²) in [6.45, 7) is 28.0. The quantitative estimate of drug-likeness (QED) is 0.123. The third-order valence-electron chi connectivity index (χ3n) is 9.96. The molecular weight excluding hydrogens is 675 g/mol. The van der Waals surface area contributed by atoms with E-state index in [1.165, 1.54) is 10.6 Å². The Labute approximate surface area is 302 Å². The molecule has 0 aliphatic carbocycles. The number of piperazine rings is 1. The fourth-order valence-electron chi connectivity index (χ4n) is 6.07. The molecule has 4 heterocycles. The van der Waals surface area contributed by atoms with Gasteiger partial charge in [0.2, 0.25) is 0 Å². The zero-order valence-electron chi connectivity index (χ0n) is 32.2. The molecule has 50 heavy (non-hydrogen) atoms. The van der Waals surface area contributed by atoms with Gasteiger partial charge in [-0.25, -0.2) is 23.5 Å². The van der Waals surface area contributed by atoms with E-state index >= 15 is 4.39 Å². The highest BCUT2D eigenvalue weighted by Crippen LogP contribution is 2.37. The number of pyridine rings is 2. The zero-order valence-corrected chi connectivity index (χ0v) is 34.0. The molecule has 0 spiro atoms. The van der Waals surface area contributed by atoms with Crippen LogP contribution < -0.4 is 10.6 Å². The molecule has 1 saturated heterocycles. The van der Waals surface area contributed by atoms with Gasteiger partial charge in [-0.15, -0.1) is 0 Å². The SMILES string of the molecule is Cc1c(CCCCO[Si](C)(C)C(C)(C)C)cnc(C(C)C)c1-n1c(=O)nc(N2C[C@H](C)N(C(=O)OC(C)(C)C)C[C@@H]2C)c2cc(F)c(Cl)nc21. The molecule has 1 aliphatic rings. The van der Waals surface area contributed by atoms with E-state index in [4.69, 9.17) is 25.7 Å². The molecule has 0 aromatic carbocycles. The fourth-order valence-corrected chi connectivity index (χ4v) is 7.29. The second-order valence-corrected chi connectivity index (χ2v) is 21.7. The number of fused-ring (bicyclic) bond motifs is 1. The van der Waals surface area contributed by atoms with E-state index in [-0.39, 0.29) is 33.8 Å². The number of nitrogens with zero attached hydrogens (tertiary/aromatic N) is 6. The molecule has 1 amide bonds. The number of ether oxygens (including phenoxy) is 1. The Morgan fingerprint density at radius 2 is 1.74 bits per heavy atom. The van der Waals surface area contributed by atoms with E-state index in [9.17, 15) is 9.59 Å². The maximum absolute atomic E-state index is 15.2. The standard InChI is InChI=1S/C37H56ClFN6O4Si/c1-22(2)29-30(25(5)26(19-40-29)16-14-15-17-48-50(12,13)37(9,10)11)45-33-27(18-28(39)31(38)41-33)32(42-34(45)46)43-20-24(4)44(21-23(43)3)35(47)49-36(6,7)8/h18-19,22-24H,14-17,20-21H2,1-13H3/t23-,24-/m0/s1. The van der Waals surface area contributed by atoms with E-state index in [0.29, 0.717) is 42.3 Å². The lowest BCUT2D eigenvalue weighted by molar-refractivity contribution is 0.0130. The Morgan fingerprint density at radius 1 is 1.08 bits per heavy atom. The molecule has 1 aliphatic heterocycles. The van der Waals surface area contributed by atoms with Crippen molar-refractivity contribution in [2.24, 2.45) is 0 Å². The predicted octanol–water partition coefficient (Wildman–Crippen LogP) is 8.58. The van der Waals surface area contributed by atoms with Gasteiger partial charge < -0.3 is 19.0 Å². The van der Waals surface area contributed by atoms with Crippen LogP contribution in [0.5, 0.6) is 0 Å². The zero-order chi connectivity index (χ0) is 37.5. The molecule has 2 atom stereocenters. The highest BCUT2D eigenvalue weighted by molar-refractivity contribution is 6.74. The highest BCUT2D eigenvalue weighted by Gasteiger charge is 2.38. The first-order chi connectivity index (χ1) is 23.0. The number of carbonyl (C=O) groups is 1. The Kier molecular flexibility index (Phi) is 11.8. The van der Waals surface area contributed by atoms with Crippen LogP contribution in [0.25, 0.3) is 16.7 Å². The fraction of sp³-hybridized carbons (Fsp3) is 0.649. The minimum absolute atomic E-state index is 0.0323. The summed E-state index contributed by atoms with van der Waals surface area (Å²) < 4.78 is 28.7. The van der Waals surface area contributed by atoms with Gasteiger partial charge in [-0.3, -0.25) is 4.98 Å². The van der Waals surface area contributed by atoms with Gasteiger partial charge in [0.25, 0.3) is 0 Å². The van der Waals surface area contributed by atoms with Crippen molar-refractivity contribution in [3.63, 3.8) is 0 Å². The highest BCUT2D eigenvalue weighted by atomic mass is 35.5. The Hall–Kier alpha value is -3.09. The van der Waals surface area contributed by atoms with Crippen LogP contribution in [0, 0.1) is 12.7 Å². The Morgan fingerprint density at radius 3 is 2.34 bits per heavy atom. The average Bonchev–Trinajstić information content (AvgIpc) is 2.98. The number of aromatic nitrogens is 4. The lowest BCUT2D eigenvalue weighted by Crippen LogP contribution is -2.59. The van der Waals surface area contributed by atoms with Gasteiger partial charge >= 0.3 is 11.8 Å². The maximum atomic E-state index is 15.2. The second-order valence-electron chi connectivity index (χ2n) is 16.5. The predicted molar refractivity (Wildman–Crippen MR) is 202 cm³/mol. The van der Waals surface area contributed by atoms with E-state index in [2.05, 4.69) is 43.8 Å². The van der Waals surface area contributed by atoms with Gasteiger partial charge in [-0.2, -0.15) is 4.98 Å². The van der Waals surface area contributed by atoms with Crippen LogP contribution in [-0.2, 0) is 15.6 Å². The summed E-state index contributed by atoms with van der Waals surface area (Å²) in [5.74, 6) is -0.453. The first kappa shape index (κ1) is 39.7. The van der Waals surface area contributed by atoms with Crippen LogP contribution in [0.15, 0.2) is 17.1 Å². The van der Waals surface area contributed by atoms with Crippen LogP contribution in [0.4, 0.5) is 15.0 Å². The number of anilines is 1. The van der Waals surface area contributed by atoms with Gasteiger partial charge in [0.1, 0.15) is 11.4 Å². The number of carbonyl (C=O) groups excluding carboxylic acids is 1. The van der Waals surface area contributed by atoms with E-state index in [1.807, 2.05) is 66.5 Å². The summed E-state index contributed by atoms with van der Waals surface area (Å²) in [5, 5.41) is 0.159. The topological polar surface area (TPSA) is 103 Å². The molecule has 0 unspecified atom stereocenters. The largest absolute Gasteiger partial charge is 0.444 e. The van der Waals surface area contributed by atoms with Crippen LogP contribution in [-0.4, -0.2) is 76.2 Å². The summed E-state index contributed by atoms with van der Waals surface area (Å²) in [4.78, 5) is 44.8. The minimum Gasteiger partial charge on any atom is -0.444 e. The molecule has 3 aromatic rings. The van der Waals surface area contributed by atoms with Gasteiger partial charge in [0.15, 0.2) is 24.9 Å². The summed E-state index contributed by atoms with van der Waals surface area (Å²) in [6, 6.07) is 0.764. The van der Waals surface area contributed by atoms with Gasteiger partial charge in [-0.05, 0) is 102 Å². The van der Waals surface area contributed by atoms with Crippen LogP contribution in [0.1, 0.15) is 105 Å². The molecule has 0 N–H and O–H groups in total. The number of aryl methyl sites for hydroxylation is 1. The van der Waals surface area contributed by atoms with Crippen molar-refractivity contribution in [3.8, 4) is 5.69 Å². The van der Waals surface area contributed by atoms with E-state index < -0.39 is 31.5 Å². The molecule has 0 radical (unpaired) electrons. The van der Waals surface area contributed by atoms with Crippen LogP contribution in [0.2, 0.25) is 23.3 Å². The molecule has 3 aromatic heterocycles. The van der Waals surface area contributed by atoms with Gasteiger partial charge in [0, 0.05) is 38.0 Å². The van der Waals surface area contributed by atoms with Crippen LogP contribution in [0.3, 0.4) is 0 Å². The lowest BCUT2D eigenvalue weighted by Gasteiger charge is -2.44. The summed E-state index contributed by atoms with van der Waals surface area (Å²) >= 11 is 6.31. The molecule has 0 bridgehead atoms. The maximum Gasteiger partial charge on any atom is 0.410 e. The summed E-state index contributed by atoms with van der Waals surface area (Å²) in [5.41, 5.74) is 2.20. The third kappa shape index (κ3) is 8.50. The molecule has 10 nitrogen and oxygen atoms in total. The van der Waals surface area contributed by atoms with Crippen molar-refractivity contribution in [1.29, 1.82) is 0 Å². The van der Waals surface area contributed by atoms with Crippen molar-refractivity contribution < 1.29 is 18.3 Å².